The van der Waals surface area contributed by atoms with Gasteiger partial charge in [0.05, 0.1) is 39.1 Å². The van der Waals surface area contributed by atoms with Crippen LogP contribution in [0.5, 0.6) is 23.0 Å². The Kier molecular flexibility index (Phi) is 8.16. The molecule has 10 heteroatoms. The van der Waals surface area contributed by atoms with Crippen molar-refractivity contribution in [3.63, 3.8) is 0 Å². The van der Waals surface area contributed by atoms with Crippen LogP contribution in [0.2, 0.25) is 0 Å². The molecule has 0 saturated carbocycles. The molecule has 40 heavy (non-hydrogen) atoms. The normalized spacial score (nSPS) is 10.6. The van der Waals surface area contributed by atoms with E-state index in [0.29, 0.717) is 40.8 Å². The van der Waals surface area contributed by atoms with E-state index in [9.17, 15) is 4.79 Å². The van der Waals surface area contributed by atoms with Gasteiger partial charge in [-0.15, -0.1) is 5.10 Å². The first-order valence-electron chi connectivity index (χ1n) is 12.5. The van der Waals surface area contributed by atoms with Gasteiger partial charge in [-0.2, -0.15) is 0 Å². The number of nitrogens with zero attached hydrogens (tertiary/aromatic N) is 4. The molecule has 2 aromatic heterocycles. The molecule has 0 aliphatic heterocycles. The van der Waals surface area contributed by atoms with Crippen LogP contribution in [0.3, 0.4) is 0 Å². The number of benzene rings is 3. The summed E-state index contributed by atoms with van der Waals surface area (Å²) in [6.07, 6.45) is 3.41. The molecule has 0 atom stereocenters. The Balaban J connectivity index is 1.21. The van der Waals surface area contributed by atoms with Crippen LogP contribution in [-0.2, 0) is 13.1 Å². The van der Waals surface area contributed by atoms with Crippen LogP contribution in [-0.4, -0.2) is 40.1 Å². The van der Waals surface area contributed by atoms with Gasteiger partial charge in [-0.25, -0.2) is 9.67 Å². The number of amides is 1. The lowest BCUT2D eigenvalue weighted by Crippen LogP contribution is -2.24. The van der Waals surface area contributed by atoms with Crippen LogP contribution in [0.25, 0.3) is 0 Å². The number of hydrogen-bond acceptors (Lipinski definition) is 8. The Hall–Kier alpha value is -5.38. The SMILES string of the molecule is COc1cc(Nc2ncccc2C(=O)NCc2cn(Cc3cccc(Oc4ccccc4)c3)nn2)cc(OC)c1. The molecule has 5 aromatic rings. The second kappa shape index (κ2) is 12.4. The number of ether oxygens (including phenoxy) is 3. The van der Waals surface area contributed by atoms with E-state index in [1.807, 2.05) is 54.6 Å². The van der Waals surface area contributed by atoms with Crippen molar-refractivity contribution >= 4 is 17.4 Å². The number of methoxy groups -OCH3 is 2. The highest BCUT2D eigenvalue weighted by molar-refractivity contribution is 5.99. The average Bonchev–Trinajstić information content (AvgIpc) is 3.43. The number of carbonyl (C=O) groups is 1. The zero-order valence-corrected chi connectivity index (χ0v) is 22.1. The number of rotatable bonds is 11. The lowest BCUT2D eigenvalue weighted by Gasteiger charge is -2.13. The van der Waals surface area contributed by atoms with Gasteiger partial charge in [0.1, 0.15) is 34.5 Å². The van der Waals surface area contributed by atoms with Crippen molar-refractivity contribution in [1.29, 1.82) is 0 Å². The first kappa shape index (κ1) is 26.2. The highest BCUT2D eigenvalue weighted by Gasteiger charge is 2.14. The smallest absolute Gasteiger partial charge is 0.255 e. The molecule has 2 N–H and O–H groups in total. The predicted molar refractivity (Wildman–Crippen MR) is 150 cm³/mol. The van der Waals surface area contributed by atoms with Crippen LogP contribution >= 0.6 is 0 Å². The summed E-state index contributed by atoms with van der Waals surface area (Å²) in [4.78, 5) is 17.4. The molecule has 0 aliphatic rings. The monoisotopic (exact) mass is 536 g/mol. The fourth-order valence-corrected chi connectivity index (χ4v) is 3.99. The third kappa shape index (κ3) is 6.73. The summed E-state index contributed by atoms with van der Waals surface area (Å²) in [5.74, 6) is 2.84. The van der Waals surface area contributed by atoms with Gasteiger partial charge in [0.15, 0.2) is 0 Å². The summed E-state index contributed by atoms with van der Waals surface area (Å²) < 4.78 is 18.3. The second-order valence-corrected chi connectivity index (χ2v) is 8.78. The Morgan fingerprint density at radius 2 is 1.62 bits per heavy atom. The summed E-state index contributed by atoms with van der Waals surface area (Å²) in [5, 5.41) is 14.5. The minimum Gasteiger partial charge on any atom is -0.497 e. The lowest BCUT2D eigenvalue weighted by molar-refractivity contribution is 0.0951. The maximum Gasteiger partial charge on any atom is 0.255 e. The fourth-order valence-electron chi connectivity index (χ4n) is 3.99. The predicted octanol–water partition coefficient (Wildman–Crippen LogP) is 5.20. The number of pyridine rings is 1. The number of nitrogens with one attached hydrogen (secondary N) is 2. The topological polar surface area (TPSA) is 112 Å². The van der Waals surface area contributed by atoms with Gasteiger partial charge in [-0.05, 0) is 42.0 Å². The zero-order valence-electron chi connectivity index (χ0n) is 22.1. The Morgan fingerprint density at radius 1 is 0.850 bits per heavy atom. The van der Waals surface area contributed by atoms with E-state index in [-0.39, 0.29) is 12.5 Å². The third-order valence-electron chi connectivity index (χ3n) is 5.90. The zero-order chi connectivity index (χ0) is 27.7. The van der Waals surface area contributed by atoms with Crippen LogP contribution in [0.15, 0.2) is 97.3 Å². The van der Waals surface area contributed by atoms with Crippen molar-refractivity contribution in [2.45, 2.75) is 13.1 Å². The summed E-state index contributed by atoms with van der Waals surface area (Å²) in [6.45, 7) is 0.713. The van der Waals surface area contributed by atoms with Crippen molar-refractivity contribution in [2.75, 3.05) is 19.5 Å². The number of hydrogen-bond donors (Lipinski definition) is 2. The Labute approximate surface area is 231 Å². The first-order chi connectivity index (χ1) is 19.6. The van der Waals surface area contributed by atoms with Gasteiger partial charge >= 0.3 is 0 Å². The molecule has 10 nitrogen and oxygen atoms in total. The number of aromatic nitrogens is 4. The molecule has 0 saturated heterocycles. The highest BCUT2D eigenvalue weighted by atomic mass is 16.5. The molecule has 0 spiro atoms. The van der Waals surface area contributed by atoms with E-state index in [2.05, 4.69) is 25.9 Å². The number of anilines is 2. The van der Waals surface area contributed by atoms with Crippen molar-refractivity contribution in [3.8, 4) is 23.0 Å². The Bertz CT molecular complexity index is 1570. The number of carbonyl (C=O) groups excluding carboxylic acids is 1. The average molecular weight is 537 g/mol. The molecule has 202 valence electrons. The fraction of sp³-hybridized carbons (Fsp3) is 0.133. The van der Waals surface area contributed by atoms with Gasteiger partial charge < -0.3 is 24.8 Å². The first-order valence-corrected chi connectivity index (χ1v) is 12.5. The van der Waals surface area contributed by atoms with Gasteiger partial charge in [-0.3, -0.25) is 4.79 Å². The van der Waals surface area contributed by atoms with Gasteiger partial charge in [0, 0.05) is 30.1 Å². The molecule has 5 rings (SSSR count). The van der Waals surface area contributed by atoms with Gasteiger partial charge in [0.2, 0.25) is 0 Å². The van der Waals surface area contributed by atoms with E-state index in [0.717, 1.165) is 17.1 Å². The van der Waals surface area contributed by atoms with E-state index in [1.165, 1.54) is 0 Å². The van der Waals surface area contributed by atoms with Crippen LogP contribution in [0, 0.1) is 0 Å². The van der Waals surface area contributed by atoms with Gasteiger partial charge in [0.25, 0.3) is 5.91 Å². The second-order valence-electron chi connectivity index (χ2n) is 8.78. The minimum atomic E-state index is -0.300. The largest absolute Gasteiger partial charge is 0.497 e. The van der Waals surface area contributed by atoms with E-state index >= 15 is 0 Å². The molecule has 0 fully saturated rings. The molecule has 3 aromatic carbocycles. The molecule has 1 amide bonds. The molecule has 0 bridgehead atoms. The van der Waals surface area contributed by atoms with E-state index in [4.69, 9.17) is 14.2 Å². The maximum absolute atomic E-state index is 13.1. The maximum atomic E-state index is 13.1. The van der Waals surface area contributed by atoms with E-state index in [1.54, 1.807) is 61.6 Å². The summed E-state index contributed by atoms with van der Waals surface area (Å²) in [7, 11) is 3.15. The molecule has 0 unspecified atom stereocenters. The van der Waals surface area contributed by atoms with Crippen LogP contribution in [0.4, 0.5) is 11.5 Å². The van der Waals surface area contributed by atoms with Crippen LogP contribution in [0.1, 0.15) is 21.6 Å². The lowest BCUT2D eigenvalue weighted by atomic mass is 10.2. The van der Waals surface area contributed by atoms with Gasteiger partial charge in [-0.1, -0.05) is 35.5 Å². The minimum absolute atomic E-state index is 0.206. The summed E-state index contributed by atoms with van der Waals surface area (Å²) in [6, 6.07) is 26.2. The molecular formula is C30H28N6O4. The molecule has 2 heterocycles. The third-order valence-corrected chi connectivity index (χ3v) is 5.90. The summed E-state index contributed by atoms with van der Waals surface area (Å²) >= 11 is 0. The van der Waals surface area contributed by atoms with Crippen molar-refractivity contribution < 1.29 is 19.0 Å². The molecule has 0 aliphatic carbocycles. The molecule has 0 radical (unpaired) electrons. The quantitative estimate of drug-likeness (QED) is 0.237. The van der Waals surface area contributed by atoms with Crippen LogP contribution < -0.4 is 24.8 Å². The highest BCUT2D eigenvalue weighted by Crippen LogP contribution is 2.28. The van der Waals surface area contributed by atoms with Crippen molar-refractivity contribution in [1.82, 2.24) is 25.3 Å². The Morgan fingerprint density at radius 3 is 2.40 bits per heavy atom. The molecular weight excluding hydrogens is 508 g/mol. The number of para-hydroxylation sites is 1. The van der Waals surface area contributed by atoms with Crippen molar-refractivity contribution in [2.24, 2.45) is 0 Å². The standard InChI is InChI=1S/C30H28N6O4/c1-38-26-15-22(16-27(17-26)39-2)33-29-28(12-7-13-31-29)30(37)32-18-23-20-36(35-34-23)19-21-8-6-11-25(14-21)40-24-9-4-3-5-10-24/h3-17,20H,18-19H2,1-2H3,(H,31,33)(H,32,37). The summed E-state index contributed by atoms with van der Waals surface area (Å²) in [5.41, 5.74) is 2.69. The van der Waals surface area contributed by atoms with Crippen molar-refractivity contribution in [3.05, 3.63) is 114 Å². The van der Waals surface area contributed by atoms with E-state index < -0.39 is 0 Å².